The number of nitrogens with zero attached hydrogens (tertiary/aromatic N) is 4. The third kappa shape index (κ3) is 2.54. The van der Waals surface area contributed by atoms with Crippen LogP contribution >= 0.6 is 0 Å². The molecule has 1 amide bonds. The number of pyridine rings is 1. The second-order valence-electron chi connectivity index (χ2n) is 4.49. The predicted octanol–water partition coefficient (Wildman–Crippen LogP) is 0.640. The minimum absolute atomic E-state index is 0.190. The Morgan fingerprint density at radius 1 is 1.45 bits per heavy atom. The Morgan fingerprint density at radius 2 is 2.35 bits per heavy atom. The molecule has 0 spiro atoms. The van der Waals surface area contributed by atoms with Gasteiger partial charge >= 0.3 is 0 Å². The molecule has 1 atom stereocenters. The Balaban J connectivity index is 1.62. The van der Waals surface area contributed by atoms with Crippen molar-refractivity contribution in [3.05, 3.63) is 42.4 Å². The van der Waals surface area contributed by atoms with Gasteiger partial charge in [0.25, 0.3) is 0 Å². The van der Waals surface area contributed by atoms with E-state index in [2.05, 4.69) is 10.1 Å². The topological polar surface area (TPSA) is 80.5 Å². The zero-order valence-corrected chi connectivity index (χ0v) is 10.7. The van der Waals surface area contributed by atoms with E-state index in [-0.39, 0.29) is 12.5 Å². The fraction of sp³-hybridized carbons (Fsp3) is 0.308. The molecule has 1 saturated heterocycles. The Bertz CT molecular complexity index is 582. The number of hydrogen-bond donors (Lipinski definition) is 1. The number of carbonyl (C=O) groups excluding carboxylic acids is 1. The largest absolute Gasteiger partial charge is 0.371 e. The molecule has 1 aliphatic rings. The first-order valence-electron chi connectivity index (χ1n) is 6.32. The first-order valence-corrected chi connectivity index (χ1v) is 6.32. The van der Waals surface area contributed by atoms with Gasteiger partial charge in [-0.15, -0.1) is 0 Å². The van der Waals surface area contributed by atoms with Gasteiger partial charge in [-0.1, -0.05) is 6.07 Å². The summed E-state index contributed by atoms with van der Waals surface area (Å²) in [5, 5.41) is 14.7. The maximum atomic E-state index is 11.4. The van der Waals surface area contributed by atoms with Crippen LogP contribution in [0.15, 0.2) is 36.8 Å². The zero-order chi connectivity index (χ0) is 13.9. The van der Waals surface area contributed by atoms with Crippen molar-refractivity contribution in [3.63, 3.8) is 0 Å². The summed E-state index contributed by atoms with van der Waals surface area (Å²) >= 11 is 0. The van der Waals surface area contributed by atoms with Gasteiger partial charge in [-0.2, -0.15) is 10.2 Å². The monoisotopic (exact) mass is 274 g/mol. The summed E-state index contributed by atoms with van der Waals surface area (Å²) in [6, 6.07) is 5.48. The van der Waals surface area contributed by atoms with Crippen molar-refractivity contribution in [2.24, 2.45) is 0 Å². The van der Waals surface area contributed by atoms with Crippen LogP contribution in [-0.2, 0) is 16.2 Å². The van der Waals surface area contributed by atoms with Crippen LogP contribution in [0.3, 0.4) is 0 Å². The van der Waals surface area contributed by atoms with Crippen molar-refractivity contribution in [1.29, 1.82) is 0 Å². The van der Waals surface area contributed by atoms with Gasteiger partial charge in [-0.25, -0.2) is 9.67 Å². The van der Waals surface area contributed by atoms with E-state index in [1.165, 1.54) is 0 Å². The van der Waals surface area contributed by atoms with Gasteiger partial charge in [-0.05, 0) is 17.7 Å². The van der Waals surface area contributed by atoms with E-state index in [0.717, 1.165) is 10.6 Å². The molecule has 2 aromatic rings. The average Bonchev–Trinajstić information content (AvgIpc) is 3.09. The number of hydrogen-bond acceptors (Lipinski definition) is 5. The highest BCUT2D eigenvalue weighted by Crippen LogP contribution is 2.18. The van der Waals surface area contributed by atoms with Crippen LogP contribution in [0, 0.1) is 0 Å². The van der Waals surface area contributed by atoms with Crippen LogP contribution in [0.25, 0.3) is 5.82 Å². The van der Waals surface area contributed by atoms with Gasteiger partial charge in [0.1, 0.15) is 6.61 Å². The molecular weight excluding hydrogens is 260 g/mol. The van der Waals surface area contributed by atoms with Crippen LogP contribution in [0.4, 0.5) is 0 Å². The van der Waals surface area contributed by atoms with Crippen LogP contribution in [0.2, 0.25) is 0 Å². The number of aliphatic hydroxyl groups excluding tert-OH is 1. The molecule has 1 fully saturated rings. The molecule has 3 heterocycles. The fourth-order valence-corrected chi connectivity index (χ4v) is 1.99. The van der Waals surface area contributed by atoms with Crippen molar-refractivity contribution >= 4 is 5.91 Å². The maximum Gasteiger partial charge on any atom is 0.248 e. The molecule has 0 saturated carbocycles. The number of aromatic nitrogens is 3. The summed E-state index contributed by atoms with van der Waals surface area (Å²) in [5.74, 6) is 0.509. The van der Waals surface area contributed by atoms with Crippen LogP contribution in [-0.4, -0.2) is 37.1 Å². The Labute approximate surface area is 115 Å². The van der Waals surface area contributed by atoms with Crippen molar-refractivity contribution in [3.8, 4) is 5.82 Å². The number of rotatable bonds is 4. The molecule has 104 valence electrons. The van der Waals surface area contributed by atoms with E-state index >= 15 is 0 Å². The lowest BCUT2D eigenvalue weighted by molar-refractivity contribution is -0.225. The molecule has 7 heteroatoms. The normalized spacial score (nSPS) is 18.8. The van der Waals surface area contributed by atoms with E-state index in [0.29, 0.717) is 18.7 Å². The third-order valence-electron chi connectivity index (χ3n) is 3.05. The van der Waals surface area contributed by atoms with Crippen LogP contribution in [0.5, 0.6) is 0 Å². The van der Waals surface area contributed by atoms with Gasteiger partial charge < -0.3 is 5.11 Å². The van der Waals surface area contributed by atoms with Gasteiger partial charge in [0.15, 0.2) is 12.0 Å². The Kier molecular flexibility index (Phi) is 3.44. The lowest BCUT2D eigenvalue weighted by atomic mass is 10.3. The number of aliphatic hydroxyl groups is 1. The maximum absolute atomic E-state index is 11.4. The van der Waals surface area contributed by atoms with Gasteiger partial charge in [-0.3, -0.25) is 9.63 Å². The second-order valence-corrected chi connectivity index (χ2v) is 4.49. The first kappa shape index (κ1) is 12.8. The molecule has 0 radical (unpaired) electrons. The summed E-state index contributed by atoms with van der Waals surface area (Å²) in [6.45, 7) is 0.190. The van der Waals surface area contributed by atoms with E-state index in [1.54, 1.807) is 23.3 Å². The summed E-state index contributed by atoms with van der Waals surface area (Å²) in [6.07, 6.45) is 5.02. The van der Waals surface area contributed by atoms with Crippen LogP contribution in [0.1, 0.15) is 18.4 Å². The van der Waals surface area contributed by atoms with Crippen molar-refractivity contribution in [2.75, 3.05) is 0 Å². The highest BCUT2D eigenvalue weighted by molar-refractivity contribution is 5.77. The summed E-state index contributed by atoms with van der Waals surface area (Å²) in [7, 11) is 0. The second kappa shape index (κ2) is 5.40. The summed E-state index contributed by atoms with van der Waals surface area (Å²) in [5.41, 5.74) is 0.813. The van der Waals surface area contributed by atoms with E-state index < -0.39 is 6.23 Å². The molecule has 3 rings (SSSR count). The van der Waals surface area contributed by atoms with Gasteiger partial charge in [0.2, 0.25) is 5.91 Å². The molecular formula is C13H14N4O3. The predicted molar refractivity (Wildman–Crippen MR) is 68.2 cm³/mol. The minimum atomic E-state index is -0.848. The van der Waals surface area contributed by atoms with Crippen LogP contribution < -0.4 is 0 Å². The van der Waals surface area contributed by atoms with E-state index in [1.807, 2.05) is 18.2 Å². The number of carbonyl (C=O) groups is 1. The van der Waals surface area contributed by atoms with Gasteiger partial charge in [0, 0.05) is 31.4 Å². The zero-order valence-electron chi connectivity index (χ0n) is 10.7. The van der Waals surface area contributed by atoms with E-state index in [4.69, 9.17) is 4.84 Å². The number of hydroxylamine groups is 2. The highest BCUT2D eigenvalue weighted by atomic mass is 16.7. The highest BCUT2D eigenvalue weighted by Gasteiger charge is 2.30. The van der Waals surface area contributed by atoms with Gasteiger partial charge in [0.05, 0.1) is 0 Å². The molecule has 1 unspecified atom stereocenters. The molecule has 1 N–H and O–H groups in total. The summed E-state index contributed by atoms with van der Waals surface area (Å²) < 4.78 is 1.65. The SMILES string of the molecule is O=C1CCC(O)N1OCc1ccc(-n2cccn2)nc1. The molecule has 0 bridgehead atoms. The third-order valence-corrected chi connectivity index (χ3v) is 3.05. The smallest absolute Gasteiger partial charge is 0.248 e. The fourth-order valence-electron chi connectivity index (χ4n) is 1.99. The average molecular weight is 274 g/mol. The molecule has 2 aromatic heterocycles. The lowest BCUT2D eigenvalue weighted by Crippen LogP contribution is -2.32. The molecule has 7 nitrogen and oxygen atoms in total. The molecule has 0 aliphatic carbocycles. The Hall–Kier alpha value is -2.25. The lowest BCUT2D eigenvalue weighted by Gasteiger charge is -2.19. The molecule has 0 aromatic carbocycles. The summed E-state index contributed by atoms with van der Waals surface area (Å²) in [4.78, 5) is 21.0. The van der Waals surface area contributed by atoms with Crippen molar-refractivity contribution < 1.29 is 14.7 Å². The number of amides is 1. The molecule has 20 heavy (non-hydrogen) atoms. The quantitative estimate of drug-likeness (QED) is 0.885. The first-order chi connectivity index (χ1) is 9.74. The molecule has 1 aliphatic heterocycles. The van der Waals surface area contributed by atoms with E-state index in [9.17, 15) is 9.90 Å². The van der Waals surface area contributed by atoms with Crippen molar-refractivity contribution in [2.45, 2.75) is 25.7 Å². The van der Waals surface area contributed by atoms with Crippen molar-refractivity contribution in [1.82, 2.24) is 19.8 Å². The minimum Gasteiger partial charge on any atom is -0.371 e. The Morgan fingerprint density at radius 3 is 2.95 bits per heavy atom. The standard InChI is InChI=1S/C13H14N4O3/c18-12-4-5-13(19)17(12)20-9-10-2-3-11(14-8-10)16-7-1-6-15-16/h1-3,6-8,12,18H,4-5,9H2.